The molecule has 1 amide bonds. The molecule has 27 heavy (non-hydrogen) atoms. The second-order valence-corrected chi connectivity index (χ2v) is 5.54. The first kappa shape index (κ1) is 18.3. The van der Waals surface area contributed by atoms with E-state index < -0.39 is 41.6 Å². The molecule has 2 aromatic carbocycles. The van der Waals surface area contributed by atoms with Crippen LogP contribution in [-0.2, 0) is 20.9 Å². The number of esters is 1. The third kappa shape index (κ3) is 4.20. The topological polar surface area (TPSA) is 90.5 Å². The summed E-state index contributed by atoms with van der Waals surface area (Å²) in [4.78, 5) is 35.3. The Labute approximate surface area is 151 Å². The van der Waals surface area contributed by atoms with Gasteiger partial charge in [-0.05, 0) is 24.3 Å². The van der Waals surface area contributed by atoms with Gasteiger partial charge in [0.25, 0.3) is 5.91 Å². The number of rotatable bonds is 6. The molecular weight excluding hydrogens is 362 g/mol. The maximum atomic E-state index is 13.4. The molecule has 0 atom stereocenters. The third-order valence-electron chi connectivity index (χ3n) is 3.70. The molecule has 9 heteroatoms. The van der Waals surface area contributed by atoms with Gasteiger partial charge in [0, 0.05) is 6.54 Å². The number of hydrogen-bond donors (Lipinski definition) is 1. The summed E-state index contributed by atoms with van der Waals surface area (Å²) in [5.74, 6) is -4.15. The predicted octanol–water partition coefficient (Wildman–Crippen LogP) is 2.44. The zero-order valence-corrected chi connectivity index (χ0v) is 13.9. The van der Waals surface area contributed by atoms with Gasteiger partial charge in [-0.3, -0.25) is 14.2 Å². The molecule has 0 saturated heterocycles. The lowest BCUT2D eigenvalue weighted by atomic mass is 10.3. The number of aromatic nitrogens is 1. The van der Waals surface area contributed by atoms with Crippen molar-refractivity contribution in [3.63, 3.8) is 0 Å². The molecule has 7 nitrogen and oxygen atoms in total. The number of benzene rings is 2. The molecule has 3 aromatic rings. The average molecular weight is 376 g/mol. The minimum absolute atomic E-state index is 0.00175. The number of anilines is 1. The van der Waals surface area contributed by atoms with Crippen LogP contribution in [0.4, 0.5) is 14.5 Å². The van der Waals surface area contributed by atoms with Gasteiger partial charge in [-0.2, -0.15) is 0 Å². The van der Waals surface area contributed by atoms with Crippen molar-refractivity contribution in [2.75, 3.05) is 11.9 Å². The Hall–Kier alpha value is -3.49. The summed E-state index contributed by atoms with van der Waals surface area (Å²) in [5.41, 5.74) is 0.306. The molecular formula is C18H14F2N2O5. The standard InChI is InChI=1S/C18H14F2N2O5/c19-11-4-3-5-12(20)17(11)21-15(23)10-26-16(24)8-9-22-13-6-1-2-7-14(13)27-18(22)25/h1-7H,8-10H2,(H,21,23). The number of ether oxygens (including phenoxy) is 1. The lowest BCUT2D eigenvalue weighted by Crippen LogP contribution is -2.23. The van der Waals surface area contributed by atoms with Crippen LogP contribution in [0, 0.1) is 11.6 Å². The second kappa shape index (κ2) is 7.81. The lowest BCUT2D eigenvalue weighted by molar-refractivity contribution is -0.147. The van der Waals surface area contributed by atoms with Gasteiger partial charge >= 0.3 is 11.7 Å². The van der Waals surface area contributed by atoms with Gasteiger partial charge in [-0.15, -0.1) is 0 Å². The fourth-order valence-electron chi connectivity index (χ4n) is 2.44. The average Bonchev–Trinajstić information content (AvgIpc) is 2.96. The first-order chi connectivity index (χ1) is 13.0. The Morgan fingerprint density at radius 2 is 1.78 bits per heavy atom. The van der Waals surface area contributed by atoms with Crippen LogP contribution < -0.4 is 11.1 Å². The van der Waals surface area contributed by atoms with Crippen LogP contribution in [0.3, 0.4) is 0 Å². The molecule has 140 valence electrons. The highest BCUT2D eigenvalue weighted by atomic mass is 19.1. The number of oxazole rings is 1. The van der Waals surface area contributed by atoms with Crippen LogP contribution in [0.5, 0.6) is 0 Å². The third-order valence-corrected chi connectivity index (χ3v) is 3.70. The molecule has 0 aliphatic carbocycles. The van der Waals surface area contributed by atoms with E-state index in [1.165, 1.54) is 4.57 Å². The van der Waals surface area contributed by atoms with Crippen molar-refractivity contribution in [3.8, 4) is 0 Å². The van der Waals surface area contributed by atoms with E-state index in [9.17, 15) is 23.2 Å². The molecule has 0 radical (unpaired) electrons. The van der Waals surface area contributed by atoms with Crippen LogP contribution in [0.25, 0.3) is 11.1 Å². The number of nitrogens with zero attached hydrogens (tertiary/aromatic N) is 1. The van der Waals surface area contributed by atoms with Gasteiger partial charge in [0.2, 0.25) is 0 Å². The zero-order valence-electron chi connectivity index (χ0n) is 13.9. The minimum Gasteiger partial charge on any atom is -0.456 e. The number of hydrogen-bond acceptors (Lipinski definition) is 5. The molecule has 1 heterocycles. The van der Waals surface area contributed by atoms with Crippen molar-refractivity contribution in [2.45, 2.75) is 13.0 Å². The summed E-state index contributed by atoms with van der Waals surface area (Å²) in [6.07, 6.45) is -0.190. The first-order valence-electron chi connectivity index (χ1n) is 7.93. The molecule has 1 aromatic heterocycles. The molecule has 0 aliphatic heterocycles. The smallest absolute Gasteiger partial charge is 0.419 e. The van der Waals surface area contributed by atoms with Crippen molar-refractivity contribution in [2.24, 2.45) is 0 Å². The van der Waals surface area contributed by atoms with Gasteiger partial charge in [0.05, 0.1) is 11.9 Å². The van der Waals surface area contributed by atoms with Gasteiger partial charge in [-0.25, -0.2) is 13.6 Å². The monoisotopic (exact) mass is 376 g/mol. The molecule has 0 fully saturated rings. The van der Waals surface area contributed by atoms with Crippen LogP contribution in [-0.4, -0.2) is 23.1 Å². The number of carbonyl (C=O) groups excluding carboxylic acids is 2. The van der Waals surface area contributed by atoms with Gasteiger partial charge in [0.15, 0.2) is 12.2 Å². The summed E-state index contributed by atoms with van der Waals surface area (Å²) in [7, 11) is 0. The molecule has 0 spiro atoms. The van der Waals surface area contributed by atoms with Crippen LogP contribution >= 0.6 is 0 Å². The Bertz CT molecular complexity index is 1040. The van der Waals surface area contributed by atoms with Gasteiger partial charge < -0.3 is 14.5 Å². The van der Waals surface area contributed by atoms with Gasteiger partial charge in [0.1, 0.15) is 17.3 Å². The largest absolute Gasteiger partial charge is 0.456 e. The van der Waals surface area contributed by atoms with Crippen molar-refractivity contribution in [1.29, 1.82) is 0 Å². The lowest BCUT2D eigenvalue weighted by Gasteiger charge is -2.08. The van der Waals surface area contributed by atoms with E-state index in [-0.39, 0.29) is 13.0 Å². The summed E-state index contributed by atoms with van der Waals surface area (Å²) < 4.78 is 38.0. The number of para-hydroxylation sites is 3. The van der Waals surface area contributed by atoms with E-state index in [4.69, 9.17) is 9.15 Å². The molecule has 0 unspecified atom stereocenters. The normalized spacial score (nSPS) is 10.7. The van der Waals surface area contributed by atoms with Crippen molar-refractivity contribution in [3.05, 3.63) is 64.6 Å². The van der Waals surface area contributed by atoms with E-state index in [1.807, 2.05) is 5.32 Å². The minimum atomic E-state index is -0.944. The molecule has 0 saturated carbocycles. The number of halogens is 2. The van der Waals surface area contributed by atoms with Crippen molar-refractivity contribution >= 4 is 28.7 Å². The number of fused-ring (bicyclic) bond motifs is 1. The Balaban J connectivity index is 1.53. The quantitative estimate of drug-likeness (QED) is 0.668. The Morgan fingerprint density at radius 1 is 1.07 bits per heavy atom. The number of nitrogens with one attached hydrogen (secondary N) is 1. The summed E-state index contributed by atoms with van der Waals surface area (Å²) >= 11 is 0. The van der Waals surface area contributed by atoms with Crippen molar-refractivity contribution in [1.82, 2.24) is 4.57 Å². The highest BCUT2D eigenvalue weighted by molar-refractivity contribution is 5.93. The Kier molecular flexibility index (Phi) is 5.30. The summed E-state index contributed by atoms with van der Waals surface area (Å²) in [5, 5.41) is 2.00. The second-order valence-electron chi connectivity index (χ2n) is 5.54. The zero-order chi connectivity index (χ0) is 19.4. The molecule has 0 bridgehead atoms. The highest BCUT2D eigenvalue weighted by Crippen LogP contribution is 2.17. The van der Waals surface area contributed by atoms with E-state index in [0.29, 0.717) is 11.1 Å². The maximum Gasteiger partial charge on any atom is 0.419 e. The maximum absolute atomic E-state index is 13.4. The Morgan fingerprint density at radius 3 is 2.52 bits per heavy atom. The van der Waals surface area contributed by atoms with Crippen molar-refractivity contribution < 1.29 is 27.5 Å². The van der Waals surface area contributed by atoms with Crippen LogP contribution in [0.1, 0.15) is 6.42 Å². The van der Waals surface area contributed by atoms with E-state index in [2.05, 4.69) is 0 Å². The fraction of sp³-hybridized carbons (Fsp3) is 0.167. The number of amides is 1. The number of aryl methyl sites for hydroxylation is 1. The predicted molar refractivity (Wildman–Crippen MR) is 91.0 cm³/mol. The van der Waals surface area contributed by atoms with Gasteiger partial charge in [-0.1, -0.05) is 18.2 Å². The fourth-order valence-corrected chi connectivity index (χ4v) is 2.44. The molecule has 1 N–H and O–H groups in total. The van der Waals surface area contributed by atoms with E-state index in [1.54, 1.807) is 24.3 Å². The molecule has 3 rings (SSSR count). The summed E-state index contributed by atoms with van der Waals surface area (Å²) in [6.45, 7) is -0.716. The summed E-state index contributed by atoms with van der Waals surface area (Å²) in [6, 6.07) is 9.84. The van der Waals surface area contributed by atoms with E-state index in [0.717, 1.165) is 18.2 Å². The highest BCUT2D eigenvalue weighted by Gasteiger charge is 2.15. The van der Waals surface area contributed by atoms with Crippen LogP contribution in [0.15, 0.2) is 51.7 Å². The van der Waals surface area contributed by atoms with E-state index >= 15 is 0 Å². The number of carbonyl (C=O) groups is 2. The first-order valence-corrected chi connectivity index (χ1v) is 7.93. The van der Waals surface area contributed by atoms with Crippen LogP contribution in [0.2, 0.25) is 0 Å². The SMILES string of the molecule is O=C(COC(=O)CCn1c(=O)oc2ccccc21)Nc1c(F)cccc1F. The molecule has 0 aliphatic rings.